The molecule has 0 atom stereocenters. The molecule has 1 aromatic rings. The quantitative estimate of drug-likeness (QED) is 0.472. The summed E-state index contributed by atoms with van der Waals surface area (Å²) in [4.78, 5) is 20.3. The van der Waals surface area contributed by atoms with Crippen LogP contribution in [0.25, 0.3) is 0 Å². The molecule has 0 fully saturated rings. The van der Waals surface area contributed by atoms with Crippen molar-refractivity contribution in [3.05, 3.63) is 43.5 Å². The molecule has 0 aliphatic heterocycles. The van der Waals surface area contributed by atoms with Crippen LogP contribution in [0.3, 0.4) is 0 Å². The molecular weight excluding hydrogens is 348 g/mol. The Hall–Kier alpha value is -1.02. The molecule has 1 rings (SSSR count). The Morgan fingerprint density at radius 1 is 1.00 bits per heavy atom. The number of nitro groups is 2. The van der Waals surface area contributed by atoms with Gasteiger partial charge in [0.05, 0.1) is 9.85 Å². The zero-order valence-corrected chi connectivity index (χ0v) is 11.0. The Morgan fingerprint density at radius 2 is 1.44 bits per heavy atom. The molecule has 0 bridgehead atoms. The van der Waals surface area contributed by atoms with Crippen LogP contribution in [-0.4, -0.2) is 9.85 Å². The highest BCUT2D eigenvalue weighted by Gasteiger charge is 2.25. The molecule has 0 aromatic heterocycles. The van der Waals surface area contributed by atoms with Crippen LogP contribution < -0.4 is 0 Å². The van der Waals surface area contributed by atoms with E-state index in [4.69, 9.17) is 0 Å². The van der Waals surface area contributed by atoms with Gasteiger partial charge in [0.1, 0.15) is 5.56 Å². The lowest BCUT2D eigenvalue weighted by atomic mass is 10.1. The topological polar surface area (TPSA) is 86.3 Å². The number of nitro benzene ring substituents is 2. The molecule has 16 heavy (non-hydrogen) atoms. The van der Waals surface area contributed by atoms with Crippen LogP contribution in [0.1, 0.15) is 11.1 Å². The van der Waals surface area contributed by atoms with Gasteiger partial charge in [0, 0.05) is 22.8 Å². The van der Waals surface area contributed by atoms with E-state index in [1.54, 1.807) is 0 Å². The Labute approximate surface area is 107 Å². The first-order chi connectivity index (χ1) is 7.51. The first-order valence-electron chi connectivity index (χ1n) is 4.07. The normalized spacial score (nSPS) is 10.1. The summed E-state index contributed by atoms with van der Waals surface area (Å²) in [6.07, 6.45) is 0. The molecule has 0 saturated heterocycles. The predicted molar refractivity (Wildman–Crippen MR) is 65.0 cm³/mol. The summed E-state index contributed by atoms with van der Waals surface area (Å²) in [6.45, 7) is 0. The van der Waals surface area contributed by atoms with Crippen LogP contribution in [0.2, 0.25) is 0 Å². The van der Waals surface area contributed by atoms with Crippen LogP contribution in [0.15, 0.2) is 12.1 Å². The molecular formula is C8H6Br2N2O4. The van der Waals surface area contributed by atoms with Crippen molar-refractivity contribution in [3.63, 3.8) is 0 Å². The number of benzene rings is 1. The van der Waals surface area contributed by atoms with Crippen molar-refractivity contribution in [2.75, 3.05) is 0 Å². The second kappa shape index (κ2) is 5.35. The van der Waals surface area contributed by atoms with E-state index in [-0.39, 0.29) is 22.3 Å². The highest BCUT2D eigenvalue weighted by Crippen LogP contribution is 2.32. The largest absolute Gasteiger partial charge is 0.280 e. The highest BCUT2D eigenvalue weighted by atomic mass is 79.9. The third-order valence-electron chi connectivity index (χ3n) is 1.94. The van der Waals surface area contributed by atoms with Crippen LogP contribution in [0, 0.1) is 20.2 Å². The Kier molecular flexibility index (Phi) is 4.36. The van der Waals surface area contributed by atoms with Crippen LogP contribution in [0.5, 0.6) is 0 Å². The Balaban J connectivity index is 3.52. The minimum absolute atomic E-state index is 0.0716. The number of hydrogen-bond acceptors (Lipinski definition) is 4. The fraction of sp³-hybridized carbons (Fsp3) is 0.250. The van der Waals surface area contributed by atoms with Crippen molar-refractivity contribution >= 4 is 43.2 Å². The molecule has 0 aliphatic carbocycles. The van der Waals surface area contributed by atoms with Gasteiger partial charge in [-0.25, -0.2) is 0 Å². The third kappa shape index (κ3) is 2.56. The lowest BCUT2D eigenvalue weighted by Gasteiger charge is -2.03. The average molecular weight is 354 g/mol. The van der Waals surface area contributed by atoms with E-state index in [0.29, 0.717) is 10.9 Å². The highest BCUT2D eigenvalue weighted by molar-refractivity contribution is 9.08. The Morgan fingerprint density at radius 3 is 1.69 bits per heavy atom. The molecule has 8 heteroatoms. The van der Waals surface area contributed by atoms with Crippen molar-refractivity contribution in [2.24, 2.45) is 0 Å². The number of rotatable bonds is 4. The second-order valence-corrected chi connectivity index (χ2v) is 4.02. The van der Waals surface area contributed by atoms with Gasteiger partial charge in [0.25, 0.3) is 11.4 Å². The zero-order valence-electron chi connectivity index (χ0n) is 7.85. The molecule has 1 aromatic carbocycles. The van der Waals surface area contributed by atoms with E-state index in [0.717, 1.165) is 0 Å². The molecule has 6 nitrogen and oxygen atoms in total. The van der Waals surface area contributed by atoms with Gasteiger partial charge in [0.2, 0.25) is 0 Å². The molecule has 0 unspecified atom stereocenters. The van der Waals surface area contributed by atoms with Crippen molar-refractivity contribution in [2.45, 2.75) is 10.7 Å². The van der Waals surface area contributed by atoms with Gasteiger partial charge >= 0.3 is 0 Å². The molecule has 0 aliphatic rings. The van der Waals surface area contributed by atoms with Crippen molar-refractivity contribution in [3.8, 4) is 0 Å². The number of halogens is 2. The van der Waals surface area contributed by atoms with E-state index in [1.165, 1.54) is 12.1 Å². The minimum Gasteiger partial charge on any atom is -0.258 e. The molecule has 0 spiro atoms. The van der Waals surface area contributed by atoms with E-state index in [1.807, 2.05) is 0 Å². The first kappa shape index (κ1) is 13.0. The Bertz CT molecular complexity index is 415. The summed E-state index contributed by atoms with van der Waals surface area (Å²) in [5.41, 5.74) is 0.115. The average Bonchev–Trinajstić information content (AvgIpc) is 2.26. The van der Waals surface area contributed by atoms with Gasteiger partial charge < -0.3 is 0 Å². The number of nitrogens with zero attached hydrogens (tertiary/aromatic N) is 2. The predicted octanol–water partition coefficient (Wildman–Crippen LogP) is 3.29. The lowest BCUT2D eigenvalue weighted by molar-refractivity contribution is -0.395. The minimum atomic E-state index is -0.615. The van der Waals surface area contributed by atoms with Gasteiger partial charge in [-0.2, -0.15) is 0 Å². The van der Waals surface area contributed by atoms with Crippen LogP contribution >= 0.6 is 31.9 Å². The van der Waals surface area contributed by atoms with Gasteiger partial charge in [-0.3, -0.25) is 20.2 Å². The summed E-state index contributed by atoms with van der Waals surface area (Å²) >= 11 is 6.14. The van der Waals surface area contributed by atoms with E-state index in [9.17, 15) is 20.2 Å². The molecule has 0 heterocycles. The van der Waals surface area contributed by atoms with Gasteiger partial charge in [-0.05, 0) is 5.56 Å². The van der Waals surface area contributed by atoms with Gasteiger partial charge in [-0.15, -0.1) is 0 Å². The van der Waals surface area contributed by atoms with Crippen molar-refractivity contribution in [1.29, 1.82) is 0 Å². The number of alkyl halides is 2. The maximum absolute atomic E-state index is 10.8. The fourth-order valence-electron chi connectivity index (χ4n) is 1.24. The van der Waals surface area contributed by atoms with E-state index < -0.39 is 9.85 Å². The standard InChI is InChI=1S/C8H6Br2N2O4/c9-3-5-1-7(11(13)14)6(4-10)8(2-5)12(15)16/h1-2H,3-4H2. The van der Waals surface area contributed by atoms with Crippen LogP contribution in [0.4, 0.5) is 11.4 Å². The molecule has 0 N–H and O–H groups in total. The number of hydrogen-bond donors (Lipinski definition) is 0. The van der Waals surface area contributed by atoms with Gasteiger partial charge in [-0.1, -0.05) is 31.9 Å². The summed E-state index contributed by atoms with van der Waals surface area (Å²) < 4.78 is 0. The fourth-order valence-corrected chi connectivity index (χ4v) is 2.14. The van der Waals surface area contributed by atoms with Crippen molar-refractivity contribution in [1.82, 2.24) is 0 Å². The maximum atomic E-state index is 10.8. The molecule has 0 saturated carbocycles. The SMILES string of the molecule is O=[N+]([O-])c1cc(CBr)cc([N+](=O)[O-])c1CBr. The summed E-state index contributed by atoms with van der Waals surface area (Å²) in [7, 11) is 0. The summed E-state index contributed by atoms with van der Waals surface area (Å²) in [5, 5.41) is 21.9. The molecule has 0 radical (unpaired) electrons. The summed E-state index contributed by atoms with van der Waals surface area (Å²) in [5.74, 6) is 0. The second-order valence-electron chi connectivity index (χ2n) is 2.89. The van der Waals surface area contributed by atoms with E-state index in [2.05, 4.69) is 31.9 Å². The molecule has 86 valence electrons. The lowest BCUT2D eigenvalue weighted by Crippen LogP contribution is -2.01. The van der Waals surface area contributed by atoms with Gasteiger partial charge in [0.15, 0.2) is 0 Å². The third-order valence-corrected chi connectivity index (χ3v) is 3.15. The van der Waals surface area contributed by atoms with Crippen molar-refractivity contribution < 1.29 is 9.85 Å². The zero-order chi connectivity index (χ0) is 12.3. The maximum Gasteiger partial charge on any atom is 0.280 e. The van der Waals surface area contributed by atoms with Crippen LogP contribution in [-0.2, 0) is 10.7 Å². The smallest absolute Gasteiger partial charge is 0.258 e. The van der Waals surface area contributed by atoms with E-state index >= 15 is 0 Å². The molecule has 0 amide bonds. The monoisotopic (exact) mass is 352 g/mol. The first-order valence-corrected chi connectivity index (χ1v) is 6.32. The summed E-state index contributed by atoms with van der Waals surface area (Å²) in [6, 6.07) is 2.66.